The minimum absolute atomic E-state index is 0.202. The van der Waals surface area contributed by atoms with E-state index in [-0.39, 0.29) is 6.61 Å². The lowest BCUT2D eigenvalue weighted by molar-refractivity contribution is 0.0474. The molecule has 0 saturated carbocycles. The second-order valence-corrected chi connectivity index (χ2v) is 3.87. The fourth-order valence-electron chi connectivity index (χ4n) is 1.56. The Bertz CT molecular complexity index is 549. The Morgan fingerprint density at radius 3 is 2.89 bits per heavy atom. The van der Waals surface area contributed by atoms with E-state index in [2.05, 4.69) is 5.10 Å². The van der Waals surface area contributed by atoms with E-state index in [0.717, 1.165) is 12.1 Å². The topological polar surface area (TPSA) is 70.1 Å². The zero-order valence-electron chi connectivity index (χ0n) is 10.2. The van der Waals surface area contributed by atoms with Crippen molar-refractivity contribution in [1.82, 2.24) is 9.78 Å². The Hall–Kier alpha value is -2.30. The lowest BCUT2D eigenvalue weighted by atomic mass is 10.2. The molecule has 1 aromatic heterocycles. The number of ether oxygens (including phenoxy) is 1. The van der Waals surface area contributed by atoms with Gasteiger partial charge in [-0.2, -0.15) is 5.10 Å². The van der Waals surface area contributed by atoms with Gasteiger partial charge in [0.1, 0.15) is 6.61 Å². The molecule has 0 fully saturated rings. The van der Waals surface area contributed by atoms with Gasteiger partial charge in [-0.05, 0) is 19.1 Å². The number of nitrogens with zero attached hydrogens (tertiary/aromatic N) is 2. The molecule has 0 aliphatic heterocycles. The number of benzene rings is 1. The number of hydrogen-bond acceptors (Lipinski definition) is 4. The van der Waals surface area contributed by atoms with E-state index >= 15 is 0 Å². The quantitative estimate of drug-likeness (QED) is 0.659. The van der Waals surface area contributed by atoms with Crippen LogP contribution in [0.3, 0.4) is 0 Å². The Balaban J connectivity index is 1.98. The molecule has 2 N–H and O–H groups in total. The van der Waals surface area contributed by atoms with E-state index in [1.54, 1.807) is 35.1 Å². The first-order valence-corrected chi connectivity index (χ1v) is 5.73. The van der Waals surface area contributed by atoms with Crippen LogP contribution in [0.2, 0.25) is 0 Å². The number of aromatic nitrogens is 2. The van der Waals surface area contributed by atoms with Crippen molar-refractivity contribution in [1.29, 1.82) is 0 Å². The number of nitrogen functional groups attached to an aromatic ring is 1. The summed E-state index contributed by atoms with van der Waals surface area (Å²) < 4.78 is 6.96. The number of aryl methyl sites for hydroxylation is 1. The van der Waals surface area contributed by atoms with Gasteiger partial charge in [-0.25, -0.2) is 4.79 Å². The number of nitrogens with two attached hydrogens (primary N) is 1. The highest BCUT2D eigenvalue weighted by Crippen LogP contribution is 2.13. The monoisotopic (exact) mass is 245 g/mol. The number of hydrogen-bond donors (Lipinski definition) is 1. The van der Waals surface area contributed by atoms with Gasteiger partial charge in [0.2, 0.25) is 0 Å². The summed E-state index contributed by atoms with van der Waals surface area (Å²) in [5, 5.41) is 4.10. The van der Waals surface area contributed by atoms with Gasteiger partial charge < -0.3 is 10.5 Å². The smallest absolute Gasteiger partial charge is 0.340 e. The van der Waals surface area contributed by atoms with Gasteiger partial charge in [0.05, 0.1) is 11.8 Å². The molecule has 2 rings (SSSR count). The highest BCUT2D eigenvalue weighted by atomic mass is 16.5. The van der Waals surface area contributed by atoms with Gasteiger partial charge in [0.15, 0.2) is 0 Å². The van der Waals surface area contributed by atoms with Crippen molar-refractivity contribution in [3.63, 3.8) is 0 Å². The summed E-state index contributed by atoms with van der Waals surface area (Å²) in [6.45, 7) is 2.99. The average Bonchev–Trinajstić information content (AvgIpc) is 2.84. The van der Waals surface area contributed by atoms with Gasteiger partial charge in [-0.1, -0.05) is 12.1 Å². The van der Waals surface area contributed by atoms with Crippen LogP contribution in [-0.4, -0.2) is 15.7 Å². The maximum absolute atomic E-state index is 11.8. The van der Waals surface area contributed by atoms with Crippen molar-refractivity contribution in [3.05, 3.63) is 47.8 Å². The first-order valence-electron chi connectivity index (χ1n) is 5.73. The summed E-state index contributed by atoms with van der Waals surface area (Å²) in [4.78, 5) is 11.8. The number of carbonyl (C=O) groups excluding carboxylic acids is 1. The van der Waals surface area contributed by atoms with E-state index < -0.39 is 5.97 Å². The van der Waals surface area contributed by atoms with Crippen LogP contribution in [0.25, 0.3) is 0 Å². The first kappa shape index (κ1) is 12.2. The normalized spacial score (nSPS) is 10.3. The van der Waals surface area contributed by atoms with Crippen LogP contribution in [0.4, 0.5) is 5.69 Å². The summed E-state index contributed by atoms with van der Waals surface area (Å²) >= 11 is 0. The molecule has 0 saturated heterocycles. The second kappa shape index (κ2) is 5.35. The number of rotatable bonds is 4. The van der Waals surface area contributed by atoms with E-state index in [1.165, 1.54) is 0 Å². The number of para-hydroxylation sites is 1. The minimum atomic E-state index is -0.419. The van der Waals surface area contributed by atoms with Crippen molar-refractivity contribution < 1.29 is 9.53 Å². The van der Waals surface area contributed by atoms with Crippen LogP contribution in [0.1, 0.15) is 22.8 Å². The molecule has 0 amide bonds. The summed E-state index contributed by atoms with van der Waals surface area (Å²) in [6, 6.07) is 6.85. The molecular formula is C13H15N3O2. The standard InChI is InChI=1S/C13H15N3O2/c1-2-16-8-10(7-15-16)9-18-13(17)11-5-3-4-6-12(11)14/h3-8H,2,9,14H2,1H3. The van der Waals surface area contributed by atoms with Gasteiger partial charge in [-0.15, -0.1) is 0 Å². The minimum Gasteiger partial charge on any atom is -0.457 e. The van der Waals surface area contributed by atoms with Gasteiger partial charge in [0.25, 0.3) is 0 Å². The van der Waals surface area contributed by atoms with E-state index in [1.807, 2.05) is 13.1 Å². The van der Waals surface area contributed by atoms with Crippen LogP contribution in [-0.2, 0) is 17.9 Å². The average molecular weight is 245 g/mol. The van der Waals surface area contributed by atoms with E-state index in [9.17, 15) is 4.79 Å². The van der Waals surface area contributed by atoms with Crippen LogP contribution in [0.5, 0.6) is 0 Å². The molecule has 1 aromatic carbocycles. The maximum atomic E-state index is 11.8. The molecule has 0 aliphatic carbocycles. The van der Waals surface area contributed by atoms with Crippen LogP contribution in [0.15, 0.2) is 36.7 Å². The molecule has 18 heavy (non-hydrogen) atoms. The molecule has 0 unspecified atom stereocenters. The van der Waals surface area contributed by atoms with Crippen LogP contribution >= 0.6 is 0 Å². The van der Waals surface area contributed by atoms with Crippen LogP contribution < -0.4 is 5.73 Å². The van der Waals surface area contributed by atoms with Gasteiger partial charge in [0, 0.05) is 24.0 Å². The third-order valence-corrected chi connectivity index (χ3v) is 2.56. The second-order valence-electron chi connectivity index (χ2n) is 3.87. The summed E-state index contributed by atoms with van der Waals surface area (Å²) in [7, 11) is 0. The van der Waals surface area contributed by atoms with E-state index in [0.29, 0.717) is 11.3 Å². The molecule has 0 aliphatic rings. The Morgan fingerprint density at radius 2 is 2.22 bits per heavy atom. The molecule has 2 aromatic rings. The zero-order chi connectivity index (χ0) is 13.0. The summed E-state index contributed by atoms with van der Waals surface area (Å²) in [5.74, 6) is -0.419. The van der Waals surface area contributed by atoms with Crippen LogP contribution in [0, 0.1) is 0 Å². The third-order valence-electron chi connectivity index (χ3n) is 2.56. The molecule has 1 heterocycles. The van der Waals surface area contributed by atoms with E-state index in [4.69, 9.17) is 10.5 Å². The molecular weight excluding hydrogens is 230 g/mol. The number of anilines is 1. The molecule has 5 nitrogen and oxygen atoms in total. The summed E-state index contributed by atoms with van der Waals surface area (Å²) in [6.07, 6.45) is 3.53. The van der Waals surface area contributed by atoms with Gasteiger partial charge in [-0.3, -0.25) is 4.68 Å². The fraction of sp³-hybridized carbons (Fsp3) is 0.231. The lowest BCUT2D eigenvalue weighted by Crippen LogP contribution is -2.07. The fourth-order valence-corrected chi connectivity index (χ4v) is 1.56. The van der Waals surface area contributed by atoms with Crippen molar-refractivity contribution in [2.75, 3.05) is 5.73 Å². The Kier molecular flexibility index (Phi) is 3.62. The first-order chi connectivity index (χ1) is 8.70. The highest BCUT2D eigenvalue weighted by Gasteiger charge is 2.10. The number of carbonyl (C=O) groups is 1. The predicted molar refractivity (Wildman–Crippen MR) is 67.9 cm³/mol. The molecule has 94 valence electrons. The van der Waals surface area contributed by atoms with Gasteiger partial charge >= 0.3 is 5.97 Å². The summed E-state index contributed by atoms with van der Waals surface area (Å²) in [5.41, 5.74) is 7.37. The molecule has 0 radical (unpaired) electrons. The molecule has 0 atom stereocenters. The Morgan fingerprint density at radius 1 is 1.44 bits per heavy atom. The number of esters is 1. The van der Waals surface area contributed by atoms with Crippen molar-refractivity contribution in [2.24, 2.45) is 0 Å². The SMILES string of the molecule is CCn1cc(COC(=O)c2ccccc2N)cn1. The Labute approximate surface area is 105 Å². The maximum Gasteiger partial charge on any atom is 0.340 e. The van der Waals surface area contributed by atoms with Crippen molar-refractivity contribution in [3.8, 4) is 0 Å². The third kappa shape index (κ3) is 2.68. The predicted octanol–water partition coefficient (Wildman–Crippen LogP) is 1.84. The molecule has 0 bridgehead atoms. The van der Waals surface area contributed by atoms with Crippen molar-refractivity contribution in [2.45, 2.75) is 20.1 Å². The lowest BCUT2D eigenvalue weighted by Gasteiger charge is -2.05. The largest absolute Gasteiger partial charge is 0.457 e. The molecule has 0 spiro atoms. The highest BCUT2D eigenvalue weighted by molar-refractivity contribution is 5.94. The molecule has 5 heteroatoms. The van der Waals surface area contributed by atoms with Crippen molar-refractivity contribution >= 4 is 11.7 Å². The zero-order valence-corrected chi connectivity index (χ0v) is 10.2.